The summed E-state index contributed by atoms with van der Waals surface area (Å²) in [4.78, 5) is 14.6. The Balaban J connectivity index is 2.13. The molecule has 1 aliphatic heterocycles. The lowest BCUT2D eigenvalue weighted by molar-refractivity contribution is 0.0603. The van der Waals surface area contributed by atoms with Crippen molar-refractivity contribution >= 4 is 17.5 Å². The van der Waals surface area contributed by atoms with Crippen molar-refractivity contribution in [2.75, 3.05) is 20.1 Å². The standard InChI is InChI=1S/C15H21ClN2O/c1-17-10-9-12-6-4-5-11-18(12)15(19)13-7-2-3-8-14(13)16/h2-3,7-8,12,17H,4-6,9-11H2,1H3. The minimum atomic E-state index is 0.0754. The first kappa shape index (κ1) is 14.4. The predicted octanol–water partition coefficient (Wildman–Crippen LogP) is 2.94. The normalized spacial score (nSPS) is 19.5. The van der Waals surface area contributed by atoms with E-state index < -0.39 is 0 Å². The zero-order chi connectivity index (χ0) is 13.7. The molecule has 1 saturated heterocycles. The highest BCUT2D eigenvalue weighted by molar-refractivity contribution is 6.33. The monoisotopic (exact) mass is 280 g/mol. The number of nitrogens with zero attached hydrogens (tertiary/aromatic N) is 1. The zero-order valence-corrected chi connectivity index (χ0v) is 12.1. The van der Waals surface area contributed by atoms with E-state index in [0.29, 0.717) is 16.6 Å². The number of carbonyl (C=O) groups is 1. The third-order valence-electron chi connectivity index (χ3n) is 3.72. The minimum absolute atomic E-state index is 0.0754. The Labute approximate surface area is 119 Å². The van der Waals surface area contributed by atoms with Gasteiger partial charge in [-0.15, -0.1) is 0 Å². The molecule has 0 aromatic heterocycles. The van der Waals surface area contributed by atoms with E-state index in [2.05, 4.69) is 5.32 Å². The summed E-state index contributed by atoms with van der Waals surface area (Å²) in [5, 5.41) is 3.71. The van der Waals surface area contributed by atoms with E-state index >= 15 is 0 Å². The van der Waals surface area contributed by atoms with Gasteiger partial charge in [0.1, 0.15) is 0 Å². The number of piperidine rings is 1. The summed E-state index contributed by atoms with van der Waals surface area (Å²) in [5.74, 6) is 0.0754. The average molecular weight is 281 g/mol. The van der Waals surface area contributed by atoms with Crippen molar-refractivity contribution in [3.05, 3.63) is 34.9 Å². The molecule has 1 heterocycles. The van der Waals surface area contributed by atoms with Crippen LogP contribution >= 0.6 is 11.6 Å². The Morgan fingerprint density at radius 3 is 2.95 bits per heavy atom. The van der Waals surface area contributed by atoms with Crippen LogP contribution in [0, 0.1) is 0 Å². The highest BCUT2D eigenvalue weighted by Crippen LogP contribution is 2.24. The van der Waals surface area contributed by atoms with Crippen LogP contribution in [0.1, 0.15) is 36.0 Å². The third-order valence-corrected chi connectivity index (χ3v) is 4.05. The Morgan fingerprint density at radius 2 is 2.21 bits per heavy atom. The Bertz CT molecular complexity index is 436. The largest absolute Gasteiger partial charge is 0.336 e. The second-order valence-electron chi connectivity index (χ2n) is 5.02. The van der Waals surface area contributed by atoms with Gasteiger partial charge in [-0.05, 0) is 51.4 Å². The van der Waals surface area contributed by atoms with E-state index in [-0.39, 0.29) is 5.91 Å². The minimum Gasteiger partial charge on any atom is -0.336 e. The molecule has 1 aromatic carbocycles. The molecule has 1 unspecified atom stereocenters. The van der Waals surface area contributed by atoms with Crippen LogP contribution in [0.25, 0.3) is 0 Å². The number of carbonyl (C=O) groups excluding carboxylic acids is 1. The van der Waals surface area contributed by atoms with Crippen LogP contribution in [-0.4, -0.2) is 37.0 Å². The number of nitrogens with one attached hydrogen (secondary N) is 1. The van der Waals surface area contributed by atoms with Gasteiger partial charge in [0.2, 0.25) is 0 Å². The van der Waals surface area contributed by atoms with Crippen LogP contribution in [0.15, 0.2) is 24.3 Å². The maximum Gasteiger partial charge on any atom is 0.255 e. The molecule has 19 heavy (non-hydrogen) atoms. The maximum atomic E-state index is 12.6. The summed E-state index contributed by atoms with van der Waals surface area (Å²) in [6, 6.07) is 7.65. The number of hydrogen-bond donors (Lipinski definition) is 1. The van der Waals surface area contributed by atoms with Gasteiger partial charge in [0.05, 0.1) is 10.6 Å². The van der Waals surface area contributed by atoms with Crippen molar-refractivity contribution in [1.82, 2.24) is 10.2 Å². The molecule has 0 radical (unpaired) electrons. The van der Waals surface area contributed by atoms with Crippen molar-refractivity contribution in [2.45, 2.75) is 31.7 Å². The molecule has 0 saturated carbocycles. The fourth-order valence-corrected chi connectivity index (χ4v) is 2.88. The molecule has 104 valence electrons. The average Bonchev–Trinajstić information content (AvgIpc) is 2.45. The second kappa shape index (κ2) is 6.92. The maximum absolute atomic E-state index is 12.6. The van der Waals surface area contributed by atoms with Crippen molar-refractivity contribution < 1.29 is 4.79 Å². The molecule has 1 N–H and O–H groups in total. The molecular formula is C15H21ClN2O. The summed E-state index contributed by atoms with van der Waals surface area (Å²) in [6.07, 6.45) is 4.40. The van der Waals surface area contributed by atoms with Gasteiger partial charge in [0.25, 0.3) is 5.91 Å². The lowest BCUT2D eigenvalue weighted by Crippen LogP contribution is -2.44. The first-order valence-electron chi connectivity index (χ1n) is 6.94. The first-order chi connectivity index (χ1) is 9.24. The Hall–Kier alpha value is -1.06. The molecule has 0 spiro atoms. The molecular weight excluding hydrogens is 260 g/mol. The van der Waals surface area contributed by atoms with Crippen molar-refractivity contribution in [2.24, 2.45) is 0 Å². The highest BCUT2D eigenvalue weighted by atomic mass is 35.5. The summed E-state index contributed by atoms with van der Waals surface area (Å²) in [6.45, 7) is 1.79. The summed E-state index contributed by atoms with van der Waals surface area (Å²) >= 11 is 6.13. The quantitative estimate of drug-likeness (QED) is 0.920. The molecule has 1 aromatic rings. The topological polar surface area (TPSA) is 32.3 Å². The van der Waals surface area contributed by atoms with Gasteiger partial charge in [-0.3, -0.25) is 4.79 Å². The summed E-state index contributed by atoms with van der Waals surface area (Å²) < 4.78 is 0. The van der Waals surface area contributed by atoms with Crippen molar-refractivity contribution in [1.29, 1.82) is 0 Å². The number of halogens is 1. The van der Waals surface area contributed by atoms with Gasteiger partial charge < -0.3 is 10.2 Å². The fraction of sp³-hybridized carbons (Fsp3) is 0.533. The van der Waals surface area contributed by atoms with Gasteiger partial charge in [0, 0.05) is 12.6 Å². The van der Waals surface area contributed by atoms with E-state index in [1.54, 1.807) is 6.07 Å². The van der Waals surface area contributed by atoms with Gasteiger partial charge in [0.15, 0.2) is 0 Å². The molecule has 1 aliphatic rings. The summed E-state index contributed by atoms with van der Waals surface area (Å²) in [5.41, 5.74) is 0.625. The fourth-order valence-electron chi connectivity index (χ4n) is 2.67. The van der Waals surface area contributed by atoms with Crippen LogP contribution in [0.2, 0.25) is 5.02 Å². The van der Waals surface area contributed by atoms with Gasteiger partial charge in [-0.1, -0.05) is 23.7 Å². The molecule has 4 heteroatoms. The molecule has 2 rings (SSSR count). The molecule has 1 amide bonds. The van der Waals surface area contributed by atoms with Crippen LogP contribution in [-0.2, 0) is 0 Å². The van der Waals surface area contributed by atoms with Gasteiger partial charge in [-0.2, -0.15) is 0 Å². The van der Waals surface area contributed by atoms with Gasteiger partial charge in [-0.25, -0.2) is 0 Å². The van der Waals surface area contributed by atoms with Crippen LogP contribution < -0.4 is 5.32 Å². The molecule has 1 atom stereocenters. The number of likely N-dealkylation sites (tertiary alicyclic amines) is 1. The Morgan fingerprint density at radius 1 is 1.42 bits per heavy atom. The smallest absolute Gasteiger partial charge is 0.255 e. The summed E-state index contributed by atoms with van der Waals surface area (Å²) in [7, 11) is 1.95. The number of amides is 1. The number of benzene rings is 1. The van der Waals surface area contributed by atoms with E-state index in [0.717, 1.165) is 32.4 Å². The first-order valence-corrected chi connectivity index (χ1v) is 7.32. The molecule has 1 fully saturated rings. The molecule has 0 aliphatic carbocycles. The van der Waals surface area contributed by atoms with Crippen molar-refractivity contribution in [3.8, 4) is 0 Å². The molecule has 0 bridgehead atoms. The Kier molecular flexibility index (Phi) is 5.23. The van der Waals surface area contributed by atoms with E-state index in [9.17, 15) is 4.79 Å². The SMILES string of the molecule is CNCCC1CCCCN1C(=O)c1ccccc1Cl. The van der Waals surface area contributed by atoms with E-state index in [4.69, 9.17) is 11.6 Å². The lowest BCUT2D eigenvalue weighted by Gasteiger charge is -2.36. The highest BCUT2D eigenvalue weighted by Gasteiger charge is 2.27. The third kappa shape index (κ3) is 3.48. The van der Waals surface area contributed by atoms with E-state index in [1.165, 1.54) is 6.42 Å². The van der Waals surface area contributed by atoms with E-state index in [1.807, 2.05) is 30.1 Å². The van der Waals surface area contributed by atoms with Crippen LogP contribution in [0.3, 0.4) is 0 Å². The van der Waals surface area contributed by atoms with Crippen molar-refractivity contribution in [3.63, 3.8) is 0 Å². The second-order valence-corrected chi connectivity index (χ2v) is 5.43. The predicted molar refractivity (Wildman–Crippen MR) is 78.7 cm³/mol. The van der Waals surface area contributed by atoms with Crippen LogP contribution in [0.5, 0.6) is 0 Å². The van der Waals surface area contributed by atoms with Crippen LogP contribution in [0.4, 0.5) is 0 Å². The molecule has 3 nitrogen and oxygen atoms in total. The van der Waals surface area contributed by atoms with Gasteiger partial charge >= 0.3 is 0 Å². The zero-order valence-electron chi connectivity index (χ0n) is 11.4. The number of rotatable bonds is 4. The number of hydrogen-bond acceptors (Lipinski definition) is 2. The lowest BCUT2D eigenvalue weighted by atomic mass is 9.98.